The normalized spacial score (nSPS) is 16.4. The summed E-state index contributed by atoms with van der Waals surface area (Å²) in [6.45, 7) is 5.29. The summed E-state index contributed by atoms with van der Waals surface area (Å²) >= 11 is 0. The third kappa shape index (κ3) is 3.10. The van der Waals surface area contributed by atoms with E-state index in [0.717, 1.165) is 24.6 Å². The minimum absolute atomic E-state index is 0.516. The molecular formula is C13H23N5. The lowest BCUT2D eigenvalue weighted by molar-refractivity contribution is 0.485. The average Bonchev–Trinajstić information content (AvgIpc) is 3.16. The summed E-state index contributed by atoms with van der Waals surface area (Å²) in [4.78, 5) is 8.75. The summed E-state index contributed by atoms with van der Waals surface area (Å²) in [6, 6.07) is 1.86. The van der Waals surface area contributed by atoms with E-state index in [1.807, 2.05) is 13.0 Å². The summed E-state index contributed by atoms with van der Waals surface area (Å²) in [5.74, 6) is 7.77. The minimum atomic E-state index is 0.516. The Morgan fingerprint density at radius 2 is 2.00 bits per heavy atom. The Bertz CT molecular complexity index is 378. The monoisotopic (exact) mass is 249 g/mol. The molecule has 1 aliphatic carbocycles. The fraction of sp³-hybridized carbons (Fsp3) is 0.692. The topological polar surface area (TPSA) is 75.9 Å². The number of hydrazine groups is 1. The maximum absolute atomic E-state index is 5.42. The third-order valence-electron chi connectivity index (χ3n) is 3.62. The van der Waals surface area contributed by atoms with Gasteiger partial charge in [-0.2, -0.15) is 0 Å². The van der Waals surface area contributed by atoms with Crippen LogP contribution >= 0.6 is 0 Å². The number of aryl methyl sites for hydroxylation is 1. The molecule has 5 heteroatoms. The number of nitrogens with two attached hydrogens (primary N) is 1. The van der Waals surface area contributed by atoms with E-state index in [4.69, 9.17) is 5.84 Å². The number of nitrogen functional groups attached to an aromatic ring is 1. The number of hydrogen-bond acceptors (Lipinski definition) is 5. The van der Waals surface area contributed by atoms with Gasteiger partial charge in [-0.3, -0.25) is 0 Å². The van der Waals surface area contributed by atoms with E-state index in [2.05, 4.69) is 27.6 Å². The zero-order valence-corrected chi connectivity index (χ0v) is 11.3. The fourth-order valence-electron chi connectivity index (χ4n) is 2.32. The van der Waals surface area contributed by atoms with E-state index >= 15 is 0 Å². The Morgan fingerprint density at radius 3 is 2.56 bits per heavy atom. The zero-order chi connectivity index (χ0) is 13.0. The van der Waals surface area contributed by atoms with E-state index in [-0.39, 0.29) is 0 Å². The van der Waals surface area contributed by atoms with Crippen LogP contribution in [-0.4, -0.2) is 16.5 Å². The SMILES string of the molecule is CCCC1(CNc2cc(NN)nc(CC)n2)CC1. The molecule has 1 fully saturated rings. The number of rotatable bonds is 7. The molecule has 0 bridgehead atoms. The maximum atomic E-state index is 5.42. The van der Waals surface area contributed by atoms with Crippen molar-refractivity contribution in [2.75, 3.05) is 17.3 Å². The first-order valence-electron chi connectivity index (χ1n) is 6.80. The lowest BCUT2D eigenvalue weighted by atomic mass is 10.0. The van der Waals surface area contributed by atoms with Gasteiger partial charge in [0.25, 0.3) is 0 Å². The second-order valence-corrected chi connectivity index (χ2v) is 5.16. The number of aromatic nitrogens is 2. The number of nitrogens with zero attached hydrogens (tertiary/aromatic N) is 2. The van der Waals surface area contributed by atoms with Crippen LogP contribution < -0.4 is 16.6 Å². The van der Waals surface area contributed by atoms with Gasteiger partial charge < -0.3 is 10.7 Å². The largest absolute Gasteiger partial charge is 0.369 e. The third-order valence-corrected chi connectivity index (χ3v) is 3.62. The first-order valence-corrected chi connectivity index (χ1v) is 6.80. The second-order valence-electron chi connectivity index (χ2n) is 5.16. The van der Waals surface area contributed by atoms with Crippen molar-refractivity contribution in [2.45, 2.75) is 46.0 Å². The van der Waals surface area contributed by atoms with Crippen LogP contribution in [0.1, 0.15) is 45.4 Å². The summed E-state index contributed by atoms with van der Waals surface area (Å²) in [5.41, 5.74) is 3.11. The van der Waals surface area contributed by atoms with Crippen molar-refractivity contribution in [1.29, 1.82) is 0 Å². The van der Waals surface area contributed by atoms with Gasteiger partial charge in [0.15, 0.2) is 0 Å². The highest BCUT2D eigenvalue weighted by molar-refractivity contribution is 5.47. The predicted octanol–water partition coefficient (Wildman–Crippen LogP) is 2.32. The summed E-state index contributed by atoms with van der Waals surface area (Å²) in [7, 11) is 0. The lowest BCUT2D eigenvalue weighted by Gasteiger charge is -2.16. The molecule has 0 spiro atoms. The quantitative estimate of drug-likeness (QED) is 0.510. The van der Waals surface area contributed by atoms with Gasteiger partial charge in [0.1, 0.15) is 17.5 Å². The highest BCUT2D eigenvalue weighted by Gasteiger charge is 2.41. The number of anilines is 2. The molecule has 2 rings (SSSR count). The number of hydrogen-bond donors (Lipinski definition) is 3. The van der Waals surface area contributed by atoms with E-state index in [9.17, 15) is 0 Å². The van der Waals surface area contributed by atoms with Crippen LogP contribution in [-0.2, 0) is 6.42 Å². The molecule has 0 saturated heterocycles. The Kier molecular flexibility index (Phi) is 4.01. The van der Waals surface area contributed by atoms with Gasteiger partial charge >= 0.3 is 0 Å². The molecule has 5 nitrogen and oxygen atoms in total. The smallest absolute Gasteiger partial charge is 0.145 e. The van der Waals surface area contributed by atoms with Crippen LogP contribution in [0.2, 0.25) is 0 Å². The van der Waals surface area contributed by atoms with Gasteiger partial charge in [-0.25, -0.2) is 15.8 Å². The molecule has 0 aliphatic heterocycles. The molecule has 4 N–H and O–H groups in total. The molecule has 0 atom stereocenters. The van der Waals surface area contributed by atoms with Gasteiger partial charge in [0.05, 0.1) is 0 Å². The van der Waals surface area contributed by atoms with E-state index < -0.39 is 0 Å². The molecule has 0 aromatic carbocycles. The van der Waals surface area contributed by atoms with Crippen LogP contribution in [0.4, 0.5) is 11.6 Å². The van der Waals surface area contributed by atoms with Crippen molar-refractivity contribution in [1.82, 2.24) is 9.97 Å². The summed E-state index contributed by atoms with van der Waals surface area (Å²) in [5, 5.41) is 3.44. The average molecular weight is 249 g/mol. The van der Waals surface area contributed by atoms with Crippen LogP contribution in [0.25, 0.3) is 0 Å². The Morgan fingerprint density at radius 1 is 1.28 bits per heavy atom. The maximum Gasteiger partial charge on any atom is 0.145 e. The highest BCUT2D eigenvalue weighted by Crippen LogP contribution is 2.49. The van der Waals surface area contributed by atoms with Gasteiger partial charge in [-0.1, -0.05) is 20.3 Å². The van der Waals surface area contributed by atoms with Crippen LogP contribution in [0, 0.1) is 5.41 Å². The minimum Gasteiger partial charge on any atom is -0.369 e. The fourth-order valence-corrected chi connectivity index (χ4v) is 2.32. The first-order chi connectivity index (χ1) is 8.71. The lowest BCUT2D eigenvalue weighted by Crippen LogP contribution is -2.17. The molecule has 1 saturated carbocycles. The summed E-state index contributed by atoms with van der Waals surface area (Å²) < 4.78 is 0. The van der Waals surface area contributed by atoms with Crippen LogP contribution in [0.5, 0.6) is 0 Å². The van der Waals surface area contributed by atoms with Crippen molar-refractivity contribution in [2.24, 2.45) is 11.3 Å². The molecule has 18 heavy (non-hydrogen) atoms. The molecule has 1 aromatic heterocycles. The molecule has 0 unspecified atom stereocenters. The molecular weight excluding hydrogens is 226 g/mol. The van der Waals surface area contributed by atoms with Crippen molar-refractivity contribution < 1.29 is 0 Å². The van der Waals surface area contributed by atoms with Gasteiger partial charge in [-0.15, -0.1) is 0 Å². The molecule has 1 aromatic rings. The predicted molar refractivity (Wildman–Crippen MR) is 74.3 cm³/mol. The van der Waals surface area contributed by atoms with Gasteiger partial charge in [0, 0.05) is 19.0 Å². The Hall–Kier alpha value is -1.36. The van der Waals surface area contributed by atoms with Crippen molar-refractivity contribution >= 4 is 11.6 Å². The van der Waals surface area contributed by atoms with Gasteiger partial charge in [0.2, 0.25) is 0 Å². The van der Waals surface area contributed by atoms with Crippen LogP contribution in [0.15, 0.2) is 6.07 Å². The first kappa shape index (κ1) is 13.1. The van der Waals surface area contributed by atoms with E-state index in [1.165, 1.54) is 25.7 Å². The van der Waals surface area contributed by atoms with Gasteiger partial charge in [-0.05, 0) is 24.7 Å². The van der Waals surface area contributed by atoms with Crippen molar-refractivity contribution in [3.63, 3.8) is 0 Å². The zero-order valence-electron chi connectivity index (χ0n) is 11.3. The molecule has 1 heterocycles. The standard InChI is InChI=1S/C13H23N5/c1-3-5-13(6-7-13)9-15-11-8-12(18-14)17-10(4-2)16-11/h8H,3-7,9,14H2,1-2H3,(H2,15,16,17,18). The summed E-state index contributed by atoms with van der Waals surface area (Å²) in [6.07, 6.45) is 6.03. The molecule has 1 aliphatic rings. The molecule has 0 amide bonds. The van der Waals surface area contributed by atoms with E-state index in [0.29, 0.717) is 11.2 Å². The van der Waals surface area contributed by atoms with Crippen molar-refractivity contribution in [3.05, 3.63) is 11.9 Å². The highest BCUT2D eigenvalue weighted by atomic mass is 15.3. The molecule has 100 valence electrons. The Labute approximate surface area is 109 Å². The Balaban J connectivity index is 2.00. The van der Waals surface area contributed by atoms with Crippen LogP contribution in [0.3, 0.4) is 0 Å². The van der Waals surface area contributed by atoms with E-state index in [1.54, 1.807) is 0 Å². The number of nitrogens with one attached hydrogen (secondary N) is 2. The van der Waals surface area contributed by atoms with Crippen molar-refractivity contribution in [3.8, 4) is 0 Å². The second kappa shape index (κ2) is 5.52. The molecule has 0 radical (unpaired) electrons.